The SMILES string of the molecule is O=C(c1ccccc1OC(F)(F)F)N1CC[C@@H](Nc2nc3c(F)cccc3s2)C1. The molecule has 0 spiro atoms. The molecule has 0 unspecified atom stereocenters. The van der Waals surface area contributed by atoms with E-state index in [1.165, 1.54) is 40.5 Å². The summed E-state index contributed by atoms with van der Waals surface area (Å²) in [4.78, 5) is 18.4. The minimum Gasteiger partial charge on any atom is -0.405 e. The van der Waals surface area contributed by atoms with Gasteiger partial charge in [0.2, 0.25) is 0 Å². The molecule has 10 heteroatoms. The lowest BCUT2D eigenvalue weighted by atomic mass is 10.2. The maximum absolute atomic E-state index is 13.8. The van der Waals surface area contributed by atoms with Crippen molar-refractivity contribution in [3.63, 3.8) is 0 Å². The van der Waals surface area contributed by atoms with Gasteiger partial charge in [-0.05, 0) is 30.7 Å². The lowest BCUT2D eigenvalue weighted by Gasteiger charge is -2.19. The van der Waals surface area contributed by atoms with Crippen LogP contribution in [0.15, 0.2) is 42.5 Å². The van der Waals surface area contributed by atoms with Gasteiger partial charge in [-0.3, -0.25) is 4.79 Å². The zero-order valence-electron chi connectivity index (χ0n) is 14.9. The molecule has 2 heterocycles. The number of thiazole rings is 1. The fourth-order valence-electron chi connectivity index (χ4n) is 3.24. The number of nitrogens with one attached hydrogen (secondary N) is 1. The number of benzene rings is 2. The number of nitrogens with zero attached hydrogens (tertiary/aromatic N) is 2. The average molecular weight is 425 g/mol. The Labute approximate surface area is 166 Å². The molecule has 152 valence electrons. The third kappa shape index (κ3) is 4.26. The normalized spacial score (nSPS) is 17.0. The van der Waals surface area contributed by atoms with E-state index >= 15 is 0 Å². The zero-order valence-corrected chi connectivity index (χ0v) is 15.7. The van der Waals surface area contributed by atoms with Gasteiger partial charge in [-0.15, -0.1) is 13.2 Å². The molecule has 5 nitrogen and oxygen atoms in total. The number of carbonyl (C=O) groups is 1. The van der Waals surface area contributed by atoms with Crippen LogP contribution in [0, 0.1) is 5.82 Å². The number of halogens is 4. The van der Waals surface area contributed by atoms with Crippen LogP contribution >= 0.6 is 11.3 Å². The van der Waals surface area contributed by atoms with Crippen LogP contribution in [0.4, 0.5) is 22.7 Å². The summed E-state index contributed by atoms with van der Waals surface area (Å²) in [6.45, 7) is 0.660. The van der Waals surface area contributed by atoms with Crippen LogP contribution in [0.1, 0.15) is 16.8 Å². The Morgan fingerprint density at radius 3 is 2.76 bits per heavy atom. The molecule has 1 saturated heterocycles. The van der Waals surface area contributed by atoms with Crippen LogP contribution in [-0.2, 0) is 0 Å². The number of alkyl halides is 3. The zero-order chi connectivity index (χ0) is 20.6. The highest BCUT2D eigenvalue weighted by Gasteiger charge is 2.34. The second kappa shape index (κ2) is 7.51. The Hall–Kier alpha value is -2.88. The van der Waals surface area contributed by atoms with Crippen molar-refractivity contribution in [3.05, 3.63) is 53.8 Å². The molecule has 1 aliphatic heterocycles. The van der Waals surface area contributed by atoms with Gasteiger partial charge in [0.25, 0.3) is 5.91 Å². The molecule has 4 rings (SSSR count). The van der Waals surface area contributed by atoms with E-state index in [0.717, 1.165) is 6.07 Å². The summed E-state index contributed by atoms with van der Waals surface area (Å²) in [5, 5.41) is 3.71. The molecule has 0 saturated carbocycles. The van der Waals surface area contributed by atoms with Gasteiger partial charge >= 0.3 is 6.36 Å². The third-order valence-electron chi connectivity index (χ3n) is 4.52. The minimum atomic E-state index is -4.88. The number of para-hydroxylation sites is 2. The van der Waals surface area contributed by atoms with Crippen molar-refractivity contribution in [3.8, 4) is 5.75 Å². The quantitative estimate of drug-likeness (QED) is 0.618. The van der Waals surface area contributed by atoms with Crippen molar-refractivity contribution in [2.75, 3.05) is 18.4 Å². The van der Waals surface area contributed by atoms with E-state index in [0.29, 0.717) is 22.8 Å². The van der Waals surface area contributed by atoms with Crippen molar-refractivity contribution >= 4 is 32.6 Å². The van der Waals surface area contributed by atoms with Gasteiger partial charge in [-0.2, -0.15) is 0 Å². The molecular formula is C19H15F4N3O2S. The molecule has 0 radical (unpaired) electrons. The summed E-state index contributed by atoms with van der Waals surface area (Å²) >= 11 is 1.30. The van der Waals surface area contributed by atoms with Gasteiger partial charge < -0.3 is 15.0 Å². The molecule has 1 aliphatic rings. The Kier molecular flexibility index (Phi) is 5.03. The Bertz CT molecular complexity index is 1050. The predicted molar refractivity (Wildman–Crippen MR) is 101 cm³/mol. The first-order valence-electron chi connectivity index (χ1n) is 8.76. The number of aromatic nitrogens is 1. The van der Waals surface area contributed by atoms with E-state index in [-0.39, 0.29) is 23.7 Å². The fraction of sp³-hybridized carbons (Fsp3) is 0.263. The van der Waals surface area contributed by atoms with Gasteiger partial charge in [0.1, 0.15) is 17.1 Å². The van der Waals surface area contributed by atoms with Gasteiger partial charge in [-0.1, -0.05) is 29.5 Å². The van der Waals surface area contributed by atoms with E-state index in [2.05, 4.69) is 15.0 Å². The summed E-state index contributed by atoms with van der Waals surface area (Å²) in [6, 6.07) is 9.85. The van der Waals surface area contributed by atoms with Crippen LogP contribution in [0.3, 0.4) is 0 Å². The van der Waals surface area contributed by atoms with Crippen LogP contribution in [-0.4, -0.2) is 41.3 Å². The Morgan fingerprint density at radius 1 is 1.21 bits per heavy atom. The van der Waals surface area contributed by atoms with Crippen LogP contribution in [0.25, 0.3) is 10.2 Å². The third-order valence-corrected chi connectivity index (χ3v) is 5.47. The highest BCUT2D eigenvalue weighted by atomic mass is 32.1. The first-order chi connectivity index (χ1) is 13.8. The van der Waals surface area contributed by atoms with E-state index in [1.807, 2.05) is 0 Å². The van der Waals surface area contributed by atoms with E-state index in [9.17, 15) is 22.4 Å². The first kappa shape index (κ1) is 19.4. The number of fused-ring (bicyclic) bond motifs is 1. The highest BCUT2D eigenvalue weighted by molar-refractivity contribution is 7.22. The molecule has 1 amide bonds. The molecule has 1 atom stereocenters. The summed E-state index contributed by atoms with van der Waals surface area (Å²) < 4.78 is 56.3. The molecule has 3 aromatic rings. The topological polar surface area (TPSA) is 54.5 Å². The van der Waals surface area contributed by atoms with Crippen molar-refractivity contribution in [1.29, 1.82) is 0 Å². The molecular weight excluding hydrogens is 410 g/mol. The van der Waals surface area contributed by atoms with E-state index in [1.54, 1.807) is 12.1 Å². The van der Waals surface area contributed by atoms with Crippen LogP contribution in [0.2, 0.25) is 0 Å². The number of likely N-dealkylation sites (tertiary alicyclic amines) is 1. The van der Waals surface area contributed by atoms with E-state index < -0.39 is 23.8 Å². The summed E-state index contributed by atoms with van der Waals surface area (Å²) in [5.41, 5.74) is 0.136. The molecule has 0 bridgehead atoms. The summed E-state index contributed by atoms with van der Waals surface area (Å²) in [6.07, 6.45) is -4.29. The Morgan fingerprint density at radius 2 is 2.00 bits per heavy atom. The molecule has 1 aromatic heterocycles. The lowest BCUT2D eigenvalue weighted by Crippen LogP contribution is -2.32. The second-order valence-corrected chi connectivity index (χ2v) is 7.56. The molecule has 1 fully saturated rings. The summed E-state index contributed by atoms with van der Waals surface area (Å²) in [5.74, 6) is -1.47. The predicted octanol–water partition coefficient (Wildman–Crippen LogP) is 4.66. The van der Waals surface area contributed by atoms with E-state index in [4.69, 9.17) is 0 Å². The Balaban J connectivity index is 1.46. The first-order valence-corrected chi connectivity index (χ1v) is 9.57. The van der Waals surface area contributed by atoms with Gasteiger partial charge in [0.15, 0.2) is 5.13 Å². The van der Waals surface area contributed by atoms with Crippen LogP contribution in [0.5, 0.6) is 5.75 Å². The maximum Gasteiger partial charge on any atom is 0.573 e. The van der Waals surface area contributed by atoms with Gasteiger partial charge in [0.05, 0.1) is 10.3 Å². The minimum absolute atomic E-state index is 0.140. The number of anilines is 1. The number of ether oxygens (including phenoxy) is 1. The highest BCUT2D eigenvalue weighted by Crippen LogP contribution is 2.30. The largest absolute Gasteiger partial charge is 0.573 e. The number of rotatable bonds is 4. The number of carbonyl (C=O) groups excluding carboxylic acids is 1. The molecule has 1 N–H and O–H groups in total. The monoisotopic (exact) mass is 425 g/mol. The maximum atomic E-state index is 13.8. The number of hydrogen-bond acceptors (Lipinski definition) is 5. The standard InChI is InChI=1S/C19H15F4N3O2S/c20-13-5-3-7-15-16(13)25-18(29-15)24-11-8-9-26(10-11)17(27)12-4-1-2-6-14(12)28-19(21,22)23/h1-7,11H,8-10H2,(H,24,25)/t11-/m1/s1. The molecule has 29 heavy (non-hydrogen) atoms. The van der Waals surface area contributed by atoms with Crippen LogP contribution < -0.4 is 10.1 Å². The molecule has 2 aromatic carbocycles. The van der Waals surface area contributed by atoms with Crippen molar-refractivity contribution in [2.24, 2.45) is 0 Å². The number of hydrogen-bond donors (Lipinski definition) is 1. The average Bonchev–Trinajstić information content (AvgIpc) is 3.28. The second-order valence-electron chi connectivity index (χ2n) is 6.53. The van der Waals surface area contributed by atoms with Crippen molar-refractivity contribution < 1.29 is 27.1 Å². The van der Waals surface area contributed by atoms with Gasteiger partial charge in [-0.25, -0.2) is 9.37 Å². The van der Waals surface area contributed by atoms with Crippen molar-refractivity contribution in [2.45, 2.75) is 18.8 Å². The summed E-state index contributed by atoms with van der Waals surface area (Å²) in [7, 11) is 0. The smallest absolute Gasteiger partial charge is 0.405 e. The van der Waals surface area contributed by atoms with Crippen molar-refractivity contribution in [1.82, 2.24) is 9.88 Å². The fourth-order valence-corrected chi connectivity index (χ4v) is 4.20. The number of amides is 1. The van der Waals surface area contributed by atoms with Gasteiger partial charge in [0, 0.05) is 19.1 Å². The molecule has 0 aliphatic carbocycles. The lowest BCUT2D eigenvalue weighted by molar-refractivity contribution is -0.274.